The molecule has 0 aromatic heterocycles. The van der Waals surface area contributed by atoms with Crippen LogP contribution in [0.2, 0.25) is 0 Å². The molecule has 21 heavy (non-hydrogen) atoms. The van der Waals surface area contributed by atoms with Gasteiger partial charge in [0, 0.05) is 31.5 Å². The first-order chi connectivity index (χ1) is 10.2. The molecule has 1 aliphatic heterocycles. The van der Waals surface area contributed by atoms with Crippen LogP contribution in [0.3, 0.4) is 0 Å². The van der Waals surface area contributed by atoms with Crippen molar-refractivity contribution < 1.29 is 8.78 Å². The molecule has 1 unspecified atom stereocenters. The molecule has 1 atom stereocenters. The summed E-state index contributed by atoms with van der Waals surface area (Å²) in [5.41, 5.74) is 0.641. The molecule has 1 aliphatic rings. The van der Waals surface area contributed by atoms with Gasteiger partial charge in [-0.05, 0) is 42.7 Å². The third kappa shape index (κ3) is 5.53. The van der Waals surface area contributed by atoms with Gasteiger partial charge >= 0.3 is 0 Å². The summed E-state index contributed by atoms with van der Waals surface area (Å²) < 4.78 is 26.1. The Hall–Kier alpha value is -1.30. The summed E-state index contributed by atoms with van der Waals surface area (Å²) in [5, 5.41) is 7.11. The van der Waals surface area contributed by atoms with Crippen LogP contribution in [0.1, 0.15) is 18.4 Å². The van der Waals surface area contributed by atoms with Crippen molar-refractivity contribution in [2.45, 2.75) is 24.5 Å². The van der Waals surface area contributed by atoms with Gasteiger partial charge in [0.25, 0.3) is 0 Å². The summed E-state index contributed by atoms with van der Waals surface area (Å²) >= 11 is 1.99. The van der Waals surface area contributed by atoms with Crippen LogP contribution < -0.4 is 10.6 Å². The average molecular weight is 313 g/mol. The molecule has 0 radical (unpaired) electrons. The predicted molar refractivity (Wildman–Crippen MR) is 84.9 cm³/mol. The van der Waals surface area contributed by atoms with Crippen LogP contribution in [0.4, 0.5) is 8.78 Å². The third-order valence-electron chi connectivity index (χ3n) is 3.37. The molecule has 116 valence electrons. The van der Waals surface area contributed by atoms with Gasteiger partial charge < -0.3 is 10.6 Å². The maximum absolute atomic E-state index is 13.1. The lowest BCUT2D eigenvalue weighted by molar-refractivity contribution is 0.579. The standard InChI is InChI=1S/C15H21F2N3S/c1-18-15(20-10-14-3-2-6-21-14)19-5-4-11-7-12(16)9-13(17)8-11/h7-9,14H,2-6,10H2,1H3,(H2,18,19,20). The van der Waals surface area contributed by atoms with E-state index in [-0.39, 0.29) is 0 Å². The zero-order valence-electron chi connectivity index (χ0n) is 12.2. The number of hydrogen-bond acceptors (Lipinski definition) is 2. The number of nitrogens with zero attached hydrogens (tertiary/aromatic N) is 1. The highest BCUT2D eigenvalue weighted by molar-refractivity contribution is 8.00. The molecule has 3 nitrogen and oxygen atoms in total. The van der Waals surface area contributed by atoms with Crippen molar-refractivity contribution in [2.24, 2.45) is 4.99 Å². The van der Waals surface area contributed by atoms with E-state index >= 15 is 0 Å². The van der Waals surface area contributed by atoms with E-state index in [0.717, 1.165) is 18.6 Å². The van der Waals surface area contributed by atoms with Crippen molar-refractivity contribution in [1.29, 1.82) is 0 Å². The molecular formula is C15H21F2N3S. The Morgan fingerprint density at radius 2 is 2.05 bits per heavy atom. The van der Waals surface area contributed by atoms with E-state index in [1.165, 1.54) is 30.7 Å². The lowest BCUT2D eigenvalue weighted by atomic mass is 10.1. The number of hydrogen-bond donors (Lipinski definition) is 2. The molecular weight excluding hydrogens is 292 g/mol. The molecule has 2 N–H and O–H groups in total. The lowest BCUT2D eigenvalue weighted by Gasteiger charge is -2.14. The second-order valence-electron chi connectivity index (χ2n) is 5.04. The number of thioether (sulfide) groups is 1. The Morgan fingerprint density at radius 1 is 1.29 bits per heavy atom. The van der Waals surface area contributed by atoms with E-state index in [1.807, 2.05) is 11.8 Å². The van der Waals surface area contributed by atoms with Crippen LogP contribution in [0.5, 0.6) is 0 Å². The Kier molecular flexibility index (Phi) is 6.29. The summed E-state index contributed by atoms with van der Waals surface area (Å²) in [4.78, 5) is 4.15. The molecule has 1 aromatic rings. The number of nitrogens with one attached hydrogen (secondary N) is 2. The van der Waals surface area contributed by atoms with E-state index in [4.69, 9.17) is 0 Å². The molecule has 1 aromatic carbocycles. The summed E-state index contributed by atoms with van der Waals surface area (Å²) in [7, 11) is 1.72. The van der Waals surface area contributed by atoms with E-state index in [2.05, 4.69) is 15.6 Å². The van der Waals surface area contributed by atoms with Crippen LogP contribution in [-0.4, -0.2) is 37.1 Å². The largest absolute Gasteiger partial charge is 0.356 e. The number of aliphatic imine (C=N–C) groups is 1. The smallest absolute Gasteiger partial charge is 0.191 e. The fourth-order valence-electron chi connectivity index (χ4n) is 2.32. The monoisotopic (exact) mass is 313 g/mol. The maximum Gasteiger partial charge on any atom is 0.191 e. The van der Waals surface area contributed by atoms with Crippen molar-refractivity contribution in [3.8, 4) is 0 Å². The zero-order chi connectivity index (χ0) is 15.1. The topological polar surface area (TPSA) is 36.4 Å². The Labute approximate surface area is 128 Å². The Balaban J connectivity index is 1.72. The minimum Gasteiger partial charge on any atom is -0.356 e. The lowest BCUT2D eigenvalue weighted by Crippen LogP contribution is -2.40. The Morgan fingerprint density at radius 3 is 2.67 bits per heavy atom. The normalized spacial score (nSPS) is 18.8. The first-order valence-corrected chi connectivity index (χ1v) is 8.23. The van der Waals surface area contributed by atoms with Gasteiger partial charge in [0.2, 0.25) is 0 Å². The average Bonchev–Trinajstić information content (AvgIpc) is 2.94. The SMILES string of the molecule is CN=C(NCCc1cc(F)cc(F)c1)NCC1CCCS1. The van der Waals surface area contributed by atoms with Crippen LogP contribution >= 0.6 is 11.8 Å². The van der Waals surface area contributed by atoms with Crippen LogP contribution in [0, 0.1) is 11.6 Å². The first kappa shape index (κ1) is 16.1. The van der Waals surface area contributed by atoms with Crippen molar-refractivity contribution in [3.05, 3.63) is 35.4 Å². The maximum atomic E-state index is 13.1. The molecule has 2 rings (SSSR count). The molecule has 0 amide bonds. The Bertz CT molecular complexity index is 468. The summed E-state index contributed by atoms with van der Waals surface area (Å²) in [6, 6.07) is 3.60. The van der Waals surface area contributed by atoms with Gasteiger partial charge in [0.1, 0.15) is 11.6 Å². The van der Waals surface area contributed by atoms with Gasteiger partial charge in [0.05, 0.1) is 0 Å². The van der Waals surface area contributed by atoms with Crippen molar-refractivity contribution in [3.63, 3.8) is 0 Å². The van der Waals surface area contributed by atoms with Crippen molar-refractivity contribution in [1.82, 2.24) is 10.6 Å². The highest BCUT2D eigenvalue weighted by Crippen LogP contribution is 2.25. The second kappa shape index (κ2) is 8.22. The summed E-state index contributed by atoms with van der Waals surface area (Å²) in [5.74, 6) is 0.902. The summed E-state index contributed by atoms with van der Waals surface area (Å²) in [6.45, 7) is 1.49. The third-order valence-corrected chi connectivity index (χ3v) is 4.77. The van der Waals surface area contributed by atoms with Crippen LogP contribution in [-0.2, 0) is 6.42 Å². The molecule has 1 heterocycles. The van der Waals surface area contributed by atoms with Crippen molar-refractivity contribution >= 4 is 17.7 Å². The van der Waals surface area contributed by atoms with Gasteiger partial charge in [-0.2, -0.15) is 11.8 Å². The highest BCUT2D eigenvalue weighted by atomic mass is 32.2. The number of rotatable bonds is 5. The fraction of sp³-hybridized carbons (Fsp3) is 0.533. The molecule has 0 bridgehead atoms. The van der Waals surface area contributed by atoms with Crippen molar-refractivity contribution in [2.75, 3.05) is 25.9 Å². The van der Waals surface area contributed by atoms with Crippen LogP contribution in [0.25, 0.3) is 0 Å². The molecule has 6 heteroatoms. The fourth-order valence-corrected chi connectivity index (χ4v) is 3.52. The minimum atomic E-state index is -0.536. The van der Waals surface area contributed by atoms with E-state index in [9.17, 15) is 8.78 Å². The quantitative estimate of drug-likeness (QED) is 0.648. The molecule has 1 saturated heterocycles. The molecule has 0 aliphatic carbocycles. The molecule has 0 spiro atoms. The van der Waals surface area contributed by atoms with Crippen LogP contribution in [0.15, 0.2) is 23.2 Å². The molecule has 1 fully saturated rings. The number of halogens is 2. The minimum absolute atomic E-state index is 0.536. The van der Waals surface area contributed by atoms with Gasteiger partial charge in [-0.25, -0.2) is 8.78 Å². The number of benzene rings is 1. The van der Waals surface area contributed by atoms with E-state index < -0.39 is 11.6 Å². The van der Waals surface area contributed by atoms with Gasteiger partial charge in [-0.15, -0.1) is 0 Å². The first-order valence-electron chi connectivity index (χ1n) is 7.18. The van der Waals surface area contributed by atoms with E-state index in [1.54, 1.807) is 7.05 Å². The van der Waals surface area contributed by atoms with Gasteiger partial charge in [-0.1, -0.05) is 0 Å². The van der Waals surface area contributed by atoms with E-state index in [0.29, 0.717) is 23.8 Å². The summed E-state index contributed by atoms with van der Waals surface area (Å²) in [6.07, 6.45) is 3.08. The second-order valence-corrected chi connectivity index (χ2v) is 6.45. The molecule has 0 saturated carbocycles. The van der Waals surface area contributed by atoms with Gasteiger partial charge in [0.15, 0.2) is 5.96 Å². The van der Waals surface area contributed by atoms with Gasteiger partial charge in [-0.3, -0.25) is 4.99 Å². The predicted octanol–water partition coefficient (Wildman–Crippen LogP) is 2.57. The zero-order valence-corrected chi connectivity index (χ0v) is 13.0. The highest BCUT2D eigenvalue weighted by Gasteiger charge is 2.15. The number of guanidine groups is 1.